The zero-order valence-electron chi connectivity index (χ0n) is 11.7. The van der Waals surface area contributed by atoms with Crippen molar-refractivity contribution in [2.45, 2.75) is 6.92 Å². The van der Waals surface area contributed by atoms with E-state index in [0.29, 0.717) is 16.3 Å². The molecule has 0 bridgehead atoms. The Balaban J connectivity index is 1.88. The van der Waals surface area contributed by atoms with Gasteiger partial charge in [0.1, 0.15) is 16.4 Å². The molecule has 22 heavy (non-hydrogen) atoms. The zero-order chi connectivity index (χ0) is 15.5. The number of rotatable bonds is 3. The van der Waals surface area contributed by atoms with Gasteiger partial charge in [-0.15, -0.1) is 5.10 Å². The third-order valence-corrected chi connectivity index (χ3v) is 3.83. The van der Waals surface area contributed by atoms with Crippen LogP contribution in [0.3, 0.4) is 0 Å². The molecule has 0 aliphatic carbocycles. The van der Waals surface area contributed by atoms with Gasteiger partial charge in [-0.05, 0) is 36.7 Å². The minimum absolute atomic E-state index is 0.351. The van der Waals surface area contributed by atoms with E-state index in [-0.39, 0.29) is 5.91 Å². The molecule has 2 aromatic carbocycles. The highest BCUT2D eigenvalue weighted by Crippen LogP contribution is 2.25. The summed E-state index contributed by atoms with van der Waals surface area (Å²) in [7, 11) is 0. The first-order chi connectivity index (χ1) is 10.6. The van der Waals surface area contributed by atoms with Gasteiger partial charge in [-0.1, -0.05) is 40.4 Å². The molecule has 0 radical (unpaired) electrons. The van der Waals surface area contributed by atoms with Crippen molar-refractivity contribution >= 4 is 23.1 Å². The highest BCUT2D eigenvalue weighted by Gasteiger charge is 2.18. The molecule has 4 nitrogen and oxygen atoms in total. The molecule has 0 atom stereocenters. The molecular formula is C16H12FN3OS. The molecule has 0 saturated carbocycles. The quantitative estimate of drug-likeness (QED) is 0.797. The summed E-state index contributed by atoms with van der Waals surface area (Å²) in [5, 5.41) is 6.69. The maximum absolute atomic E-state index is 13.2. The molecule has 1 amide bonds. The van der Waals surface area contributed by atoms with Gasteiger partial charge in [0.15, 0.2) is 0 Å². The second-order valence-corrected chi connectivity index (χ2v) is 5.54. The van der Waals surface area contributed by atoms with Gasteiger partial charge in [0.25, 0.3) is 5.91 Å². The van der Waals surface area contributed by atoms with E-state index < -0.39 is 5.82 Å². The van der Waals surface area contributed by atoms with E-state index in [0.717, 1.165) is 22.7 Å². The van der Waals surface area contributed by atoms with Crippen LogP contribution in [0.5, 0.6) is 0 Å². The first kappa shape index (κ1) is 14.3. The number of halogens is 1. The Bertz CT molecular complexity index is 814. The van der Waals surface area contributed by atoms with Crippen molar-refractivity contribution in [3.8, 4) is 11.3 Å². The van der Waals surface area contributed by atoms with Gasteiger partial charge < -0.3 is 5.32 Å². The average molecular weight is 313 g/mol. The van der Waals surface area contributed by atoms with E-state index in [1.807, 2.05) is 31.2 Å². The summed E-state index contributed by atoms with van der Waals surface area (Å²) in [6.07, 6.45) is 0. The van der Waals surface area contributed by atoms with Crippen molar-refractivity contribution in [3.05, 3.63) is 64.8 Å². The SMILES string of the molecule is Cc1ccc(-c2nnsc2C(=O)Nc2cccc(F)c2)cc1. The van der Waals surface area contributed by atoms with Gasteiger partial charge in [-0.3, -0.25) is 4.79 Å². The van der Waals surface area contributed by atoms with Crippen molar-refractivity contribution in [2.75, 3.05) is 5.32 Å². The van der Waals surface area contributed by atoms with Crippen LogP contribution >= 0.6 is 11.5 Å². The van der Waals surface area contributed by atoms with Crippen LogP contribution in [0, 0.1) is 12.7 Å². The Kier molecular flexibility index (Phi) is 3.93. The second-order valence-electron chi connectivity index (χ2n) is 4.78. The number of hydrogen-bond acceptors (Lipinski definition) is 4. The molecule has 3 rings (SSSR count). The van der Waals surface area contributed by atoms with E-state index in [1.54, 1.807) is 6.07 Å². The molecule has 0 aliphatic heterocycles. The standard InChI is InChI=1S/C16H12FN3OS/c1-10-5-7-11(8-6-10)14-15(22-20-19-14)16(21)18-13-4-2-3-12(17)9-13/h2-9H,1H3,(H,18,21). The van der Waals surface area contributed by atoms with Crippen LogP contribution in [0.1, 0.15) is 15.2 Å². The number of nitrogens with zero attached hydrogens (tertiary/aromatic N) is 2. The summed E-state index contributed by atoms with van der Waals surface area (Å²) < 4.78 is 17.0. The number of amides is 1. The Morgan fingerprint density at radius 2 is 1.95 bits per heavy atom. The Labute approximate surface area is 130 Å². The average Bonchev–Trinajstić information content (AvgIpc) is 2.97. The zero-order valence-corrected chi connectivity index (χ0v) is 12.5. The first-order valence-electron chi connectivity index (χ1n) is 6.60. The number of benzene rings is 2. The normalized spacial score (nSPS) is 10.5. The van der Waals surface area contributed by atoms with Crippen molar-refractivity contribution in [2.24, 2.45) is 0 Å². The van der Waals surface area contributed by atoms with Gasteiger partial charge in [-0.25, -0.2) is 4.39 Å². The lowest BCUT2D eigenvalue weighted by molar-refractivity contribution is 0.103. The summed E-state index contributed by atoms with van der Waals surface area (Å²) >= 11 is 1.01. The van der Waals surface area contributed by atoms with Crippen LogP contribution in [0.2, 0.25) is 0 Å². The van der Waals surface area contributed by atoms with Gasteiger partial charge in [0.2, 0.25) is 0 Å². The fraction of sp³-hybridized carbons (Fsp3) is 0.0625. The summed E-state index contributed by atoms with van der Waals surface area (Å²) in [5.41, 5.74) is 2.87. The molecule has 110 valence electrons. The molecule has 0 saturated heterocycles. The van der Waals surface area contributed by atoms with Crippen LogP contribution in [-0.4, -0.2) is 15.5 Å². The van der Waals surface area contributed by atoms with Crippen LogP contribution in [0.25, 0.3) is 11.3 Å². The molecule has 1 N–H and O–H groups in total. The van der Waals surface area contributed by atoms with Crippen LogP contribution in [0.15, 0.2) is 48.5 Å². The molecule has 0 spiro atoms. The maximum atomic E-state index is 13.2. The number of carbonyl (C=O) groups excluding carboxylic acids is 1. The number of aryl methyl sites for hydroxylation is 1. The fourth-order valence-corrected chi connectivity index (χ4v) is 2.58. The van der Waals surface area contributed by atoms with Gasteiger partial charge >= 0.3 is 0 Å². The van der Waals surface area contributed by atoms with E-state index in [4.69, 9.17) is 0 Å². The summed E-state index contributed by atoms with van der Waals surface area (Å²) in [6, 6.07) is 13.4. The molecule has 1 aromatic heterocycles. The smallest absolute Gasteiger partial charge is 0.269 e. The Morgan fingerprint density at radius 1 is 1.18 bits per heavy atom. The van der Waals surface area contributed by atoms with Crippen LogP contribution in [-0.2, 0) is 0 Å². The highest BCUT2D eigenvalue weighted by atomic mass is 32.1. The summed E-state index contributed by atoms with van der Waals surface area (Å²) in [4.78, 5) is 12.7. The number of anilines is 1. The minimum atomic E-state index is -0.404. The van der Waals surface area contributed by atoms with E-state index in [1.165, 1.54) is 18.2 Å². The first-order valence-corrected chi connectivity index (χ1v) is 7.37. The summed E-state index contributed by atoms with van der Waals surface area (Å²) in [6.45, 7) is 1.99. The molecule has 0 aliphatic rings. The Hall–Kier alpha value is -2.60. The number of hydrogen-bond donors (Lipinski definition) is 1. The monoisotopic (exact) mass is 313 g/mol. The van der Waals surface area contributed by atoms with Gasteiger partial charge in [0, 0.05) is 11.3 Å². The predicted molar refractivity (Wildman–Crippen MR) is 84.4 cm³/mol. The third-order valence-electron chi connectivity index (χ3n) is 3.10. The van der Waals surface area contributed by atoms with Crippen LogP contribution in [0.4, 0.5) is 10.1 Å². The van der Waals surface area contributed by atoms with Crippen molar-refractivity contribution in [3.63, 3.8) is 0 Å². The topological polar surface area (TPSA) is 54.9 Å². The molecule has 0 fully saturated rings. The Morgan fingerprint density at radius 3 is 2.68 bits per heavy atom. The predicted octanol–water partition coefficient (Wildman–Crippen LogP) is 3.90. The number of carbonyl (C=O) groups is 1. The molecule has 3 aromatic rings. The third kappa shape index (κ3) is 3.01. The van der Waals surface area contributed by atoms with Gasteiger partial charge in [0.05, 0.1) is 0 Å². The summed E-state index contributed by atoms with van der Waals surface area (Å²) in [5.74, 6) is -0.754. The lowest BCUT2D eigenvalue weighted by Crippen LogP contribution is -2.11. The lowest BCUT2D eigenvalue weighted by atomic mass is 10.1. The lowest BCUT2D eigenvalue weighted by Gasteiger charge is -2.05. The number of aromatic nitrogens is 2. The number of nitrogens with one attached hydrogen (secondary N) is 1. The largest absolute Gasteiger partial charge is 0.321 e. The molecule has 1 heterocycles. The van der Waals surface area contributed by atoms with Gasteiger partial charge in [-0.2, -0.15) is 0 Å². The molecular weight excluding hydrogens is 301 g/mol. The van der Waals surface area contributed by atoms with Crippen molar-refractivity contribution < 1.29 is 9.18 Å². The van der Waals surface area contributed by atoms with Crippen molar-refractivity contribution in [1.29, 1.82) is 0 Å². The van der Waals surface area contributed by atoms with E-state index in [9.17, 15) is 9.18 Å². The molecule has 6 heteroatoms. The minimum Gasteiger partial charge on any atom is -0.321 e. The maximum Gasteiger partial charge on any atom is 0.269 e. The molecule has 0 unspecified atom stereocenters. The fourth-order valence-electron chi connectivity index (χ4n) is 1.99. The van der Waals surface area contributed by atoms with Crippen LogP contribution < -0.4 is 5.32 Å². The van der Waals surface area contributed by atoms with E-state index >= 15 is 0 Å². The van der Waals surface area contributed by atoms with E-state index in [2.05, 4.69) is 14.9 Å². The van der Waals surface area contributed by atoms with Crippen molar-refractivity contribution in [1.82, 2.24) is 9.59 Å². The highest BCUT2D eigenvalue weighted by molar-refractivity contribution is 7.08. The second kappa shape index (κ2) is 6.03.